The molecule has 0 spiro atoms. The van der Waals surface area contributed by atoms with E-state index in [1.165, 1.54) is 5.32 Å². The highest BCUT2D eigenvalue weighted by Crippen LogP contribution is 2.30. The van der Waals surface area contributed by atoms with Crippen LogP contribution < -0.4 is 10.2 Å². The van der Waals surface area contributed by atoms with Crippen molar-refractivity contribution in [2.45, 2.75) is 44.9 Å². The van der Waals surface area contributed by atoms with Crippen molar-refractivity contribution >= 4 is 23.3 Å². The third-order valence-corrected chi connectivity index (χ3v) is 3.83. The number of nitrogens with one attached hydrogen (secondary N) is 1. The van der Waals surface area contributed by atoms with Gasteiger partial charge in [0.05, 0.1) is 21.7 Å². The van der Waals surface area contributed by atoms with Gasteiger partial charge in [-0.2, -0.15) is 0 Å². The molecule has 1 aliphatic carbocycles. The summed E-state index contributed by atoms with van der Waals surface area (Å²) in [5, 5.41) is 0.560. The molecule has 0 atom stereocenters. The maximum Gasteiger partial charge on any atom is 0.317 e. The minimum atomic E-state index is -4.39. The van der Waals surface area contributed by atoms with Crippen LogP contribution in [0.25, 0.3) is 0 Å². The monoisotopic (exact) mass is 432 g/mol. The molecular formula is C22H35ClN4O. The highest BCUT2D eigenvalue weighted by Gasteiger charge is 2.24. The summed E-state index contributed by atoms with van der Waals surface area (Å²) in [6.07, 6.45) is -19.8. The minimum absolute atomic E-state index is 0.127. The van der Waals surface area contributed by atoms with E-state index < -0.39 is 123 Å². The Labute approximate surface area is 211 Å². The number of rotatable bonds is 5. The van der Waals surface area contributed by atoms with Gasteiger partial charge in [-0.1, -0.05) is 23.7 Å². The second-order valence-electron chi connectivity index (χ2n) is 5.46. The molecule has 1 saturated heterocycles. The van der Waals surface area contributed by atoms with E-state index in [0.717, 1.165) is 6.92 Å². The summed E-state index contributed by atoms with van der Waals surface area (Å²) in [4.78, 5) is 11.6. The van der Waals surface area contributed by atoms with Gasteiger partial charge >= 0.3 is 6.03 Å². The Kier molecular flexibility index (Phi) is 2.04. The van der Waals surface area contributed by atoms with E-state index in [-0.39, 0.29) is 15.4 Å². The molecule has 2 aliphatic rings. The normalized spacial score (nSPS) is 57.8. The summed E-state index contributed by atoms with van der Waals surface area (Å²) >= 11 is 6.25. The minimum Gasteiger partial charge on any atom is -0.368 e. The molecule has 3 rings (SSSR count). The van der Waals surface area contributed by atoms with Gasteiger partial charge in [0.2, 0.25) is 0 Å². The molecule has 0 radical (unpaired) electrons. The Morgan fingerprint density at radius 3 is 2.79 bits per heavy atom. The number of nitrogens with zero attached hydrogens (tertiary/aromatic N) is 3. The molecule has 0 aromatic heterocycles. The second kappa shape index (κ2) is 9.84. The van der Waals surface area contributed by atoms with Crippen molar-refractivity contribution in [1.29, 1.82) is 0 Å². The van der Waals surface area contributed by atoms with E-state index >= 15 is 0 Å². The van der Waals surface area contributed by atoms with Gasteiger partial charge in [0.15, 0.2) is 0 Å². The predicted molar refractivity (Wildman–Crippen MR) is 117 cm³/mol. The SMILES string of the molecule is [2H]c1c([2H])c(C)c(Cl)c(N2C([2H])([2H])C([2H])([2H])N(C([2H])([2H])CC3([2H])C([2H])([2H])C([2H])([2H])C([2H])(NC(=O)N(C)C([2H])([2H])[2H])C([2H])([2H])C3([2H])[2H])C([2H])([2H])C2([2H])[2H])c1[2H]. The van der Waals surface area contributed by atoms with Crippen molar-refractivity contribution < 1.29 is 40.4 Å². The van der Waals surface area contributed by atoms with Gasteiger partial charge in [-0.25, -0.2) is 4.79 Å². The molecule has 28 heavy (non-hydrogen) atoms. The Morgan fingerprint density at radius 2 is 2.11 bits per heavy atom. The molecule has 1 aromatic rings. The molecule has 1 N–H and O–H groups in total. The zero-order valence-corrected chi connectivity index (χ0v) is 15.6. The van der Waals surface area contributed by atoms with Crippen LogP contribution in [-0.4, -0.2) is 68.4 Å². The van der Waals surface area contributed by atoms with E-state index in [2.05, 4.69) is 0 Å². The Balaban J connectivity index is 2.33. The lowest BCUT2D eigenvalue weighted by molar-refractivity contribution is 0.194. The van der Waals surface area contributed by atoms with Gasteiger partial charge in [0.1, 0.15) is 0 Å². The smallest absolute Gasteiger partial charge is 0.317 e. The number of hydrogen-bond acceptors (Lipinski definition) is 3. The first-order valence-electron chi connectivity index (χ1n) is 20.8. The van der Waals surface area contributed by atoms with Crippen LogP contribution in [0, 0.1) is 12.8 Å². The molecule has 0 unspecified atom stereocenters. The Hall–Kier alpha value is -1.46. The largest absolute Gasteiger partial charge is 0.368 e. The maximum absolute atomic E-state index is 12.8. The standard InChI is InChI=1S/C22H35ClN4O/c1-17-5-4-6-20(21(17)23)27-15-13-26(14-16-27)12-11-18-7-9-19(10-8-18)24-22(28)25(2)3/h4-6,18-19H,7-16H2,1-3H3,(H,24,28)/i2D3,4D,5D,6D,7D2,8D2,9D2,10D2,12D2,13D2,14D2,15D2,16D2,18D,19D. The lowest BCUT2D eigenvalue weighted by Gasteiger charge is -2.37. The fourth-order valence-corrected chi connectivity index (χ4v) is 2.09. The molecule has 6 heteroatoms. The number of benzene rings is 1. The first kappa shape index (κ1) is 5.82. The number of carbonyl (C=O) groups is 1. The van der Waals surface area contributed by atoms with Gasteiger partial charge in [0, 0.05) is 70.7 Å². The number of amides is 2. The zero-order valence-electron chi connectivity index (χ0n) is 40.8. The quantitative estimate of drug-likeness (QED) is 0.764. The van der Waals surface area contributed by atoms with Crippen LogP contribution in [0.4, 0.5) is 10.5 Å². The molecular weight excluding hydrogens is 372 g/mol. The summed E-state index contributed by atoms with van der Waals surface area (Å²) in [6, 6.07) is -8.90. The number of halogens is 1. The van der Waals surface area contributed by atoms with Crippen LogP contribution in [-0.2, 0) is 0 Å². The van der Waals surface area contributed by atoms with Crippen LogP contribution >= 0.6 is 11.6 Å². The number of piperazine rings is 1. The lowest BCUT2D eigenvalue weighted by atomic mass is 9.84. The molecule has 5 nitrogen and oxygen atoms in total. The molecule has 2 amide bonds. The predicted octanol–water partition coefficient (Wildman–Crippen LogP) is 3.99. The number of anilines is 1. The summed E-state index contributed by atoms with van der Waals surface area (Å²) in [6.45, 7) is -23.1. The Morgan fingerprint density at radius 1 is 1.39 bits per heavy atom. The van der Waals surface area contributed by atoms with Crippen LogP contribution in [0.5, 0.6) is 0 Å². The van der Waals surface area contributed by atoms with Crippen molar-refractivity contribution in [3.8, 4) is 0 Å². The maximum atomic E-state index is 12.8. The second-order valence-corrected chi connectivity index (χ2v) is 5.84. The van der Waals surface area contributed by atoms with E-state index in [4.69, 9.17) is 47.2 Å². The van der Waals surface area contributed by atoms with Crippen LogP contribution in [0.2, 0.25) is 5.02 Å². The molecule has 1 aromatic carbocycles. The average molecular weight is 433 g/mol. The summed E-state index contributed by atoms with van der Waals surface area (Å²) in [7, 11) is 0.599. The van der Waals surface area contributed by atoms with Crippen LogP contribution in [0.1, 0.15) is 73.1 Å². The van der Waals surface area contributed by atoms with Gasteiger partial charge < -0.3 is 15.1 Å². The molecule has 1 heterocycles. The van der Waals surface area contributed by atoms with E-state index in [1.807, 2.05) is 0 Å². The number of hydrogen-bond donors (Lipinski definition) is 1. The zero-order chi connectivity index (χ0) is 43.2. The third-order valence-electron chi connectivity index (χ3n) is 3.37. The summed E-state index contributed by atoms with van der Waals surface area (Å²) < 4.78 is 220. The number of urea groups is 1. The first-order chi connectivity index (χ1) is 23.4. The van der Waals surface area contributed by atoms with Crippen molar-refractivity contribution in [3.05, 3.63) is 28.7 Å². The number of carbonyl (C=O) groups excluding carboxylic acids is 1. The highest BCUT2D eigenvalue weighted by atomic mass is 35.5. The Bertz CT molecular complexity index is 1620. The van der Waals surface area contributed by atoms with Crippen LogP contribution in [0.15, 0.2) is 18.1 Å². The van der Waals surface area contributed by atoms with Crippen molar-refractivity contribution in [1.82, 2.24) is 15.1 Å². The molecule has 156 valence electrons. The van der Waals surface area contributed by atoms with Gasteiger partial charge in [-0.15, -0.1) is 0 Å². The van der Waals surface area contributed by atoms with Crippen molar-refractivity contribution in [3.63, 3.8) is 0 Å². The topological polar surface area (TPSA) is 38.8 Å². The third kappa shape index (κ3) is 5.54. The fourth-order valence-electron chi connectivity index (χ4n) is 1.91. The molecule has 2 fully saturated rings. The van der Waals surface area contributed by atoms with Crippen LogP contribution in [0.3, 0.4) is 0 Å². The van der Waals surface area contributed by atoms with Gasteiger partial charge in [-0.3, -0.25) is 4.90 Å². The van der Waals surface area contributed by atoms with Crippen molar-refractivity contribution in [2.75, 3.05) is 51.4 Å². The van der Waals surface area contributed by atoms with Gasteiger partial charge in [0.25, 0.3) is 0 Å². The molecule has 1 aliphatic heterocycles. The average Bonchev–Trinajstić information content (AvgIpc) is 2.97. The summed E-state index contributed by atoms with van der Waals surface area (Å²) in [5.74, 6) is -4.26. The first-order valence-corrected chi connectivity index (χ1v) is 8.21. The summed E-state index contributed by atoms with van der Waals surface area (Å²) in [5.41, 5.74) is -1.47. The molecule has 0 bridgehead atoms. The van der Waals surface area contributed by atoms with Crippen molar-refractivity contribution in [2.24, 2.45) is 5.89 Å². The molecule has 1 saturated carbocycles. The van der Waals surface area contributed by atoms with Gasteiger partial charge in [-0.05, 0) is 62.8 Å². The van der Waals surface area contributed by atoms with E-state index in [0.29, 0.717) is 7.05 Å². The fraction of sp³-hybridized carbons (Fsp3) is 0.682. The van der Waals surface area contributed by atoms with E-state index in [9.17, 15) is 4.79 Å². The van der Waals surface area contributed by atoms with E-state index in [1.54, 1.807) is 0 Å². The lowest BCUT2D eigenvalue weighted by Crippen LogP contribution is -2.47. The highest BCUT2D eigenvalue weighted by molar-refractivity contribution is 6.34.